The first-order valence-corrected chi connectivity index (χ1v) is 5.07. The first kappa shape index (κ1) is 10.3. The fourth-order valence-electron chi connectivity index (χ4n) is 1.33. The molecule has 0 unspecified atom stereocenters. The number of halogens is 2. The third-order valence-electron chi connectivity index (χ3n) is 2.17. The first-order chi connectivity index (χ1) is 7.09. The molecule has 0 aliphatic carbocycles. The number of benzene rings is 1. The number of rotatable bonds is 1. The highest BCUT2D eigenvalue weighted by molar-refractivity contribution is 6.36. The summed E-state index contributed by atoms with van der Waals surface area (Å²) in [5.74, 6) is 0.583. The van der Waals surface area contributed by atoms with Gasteiger partial charge in [0.25, 0.3) is 0 Å². The summed E-state index contributed by atoms with van der Waals surface area (Å²) < 4.78 is 1.74. The van der Waals surface area contributed by atoms with E-state index >= 15 is 0 Å². The van der Waals surface area contributed by atoms with Crippen molar-refractivity contribution in [1.82, 2.24) is 9.55 Å². The molecule has 1 heterocycles. The van der Waals surface area contributed by atoms with Crippen molar-refractivity contribution < 1.29 is 0 Å². The summed E-state index contributed by atoms with van der Waals surface area (Å²) in [6, 6.07) is 5.24. The van der Waals surface area contributed by atoms with Crippen LogP contribution in [0.5, 0.6) is 0 Å². The Morgan fingerprint density at radius 1 is 1.33 bits per heavy atom. The van der Waals surface area contributed by atoms with E-state index in [0.29, 0.717) is 21.6 Å². The highest BCUT2D eigenvalue weighted by Crippen LogP contribution is 2.32. The molecule has 15 heavy (non-hydrogen) atoms. The minimum Gasteiger partial charge on any atom is -0.383 e. The van der Waals surface area contributed by atoms with Crippen LogP contribution in [0.3, 0.4) is 0 Å². The molecule has 0 saturated heterocycles. The third kappa shape index (κ3) is 1.80. The van der Waals surface area contributed by atoms with Gasteiger partial charge >= 0.3 is 0 Å². The normalized spacial score (nSPS) is 10.6. The molecular weight excluding hydrogens is 233 g/mol. The van der Waals surface area contributed by atoms with Gasteiger partial charge in [-0.15, -0.1) is 0 Å². The molecule has 0 bridgehead atoms. The molecule has 0 saturated carbocycles. The van der Waals surface area contributed by atoms with Gasteiger partial charge in [-0.25, -0.2) is 4.98 Å². The van der Waals surface area contributed by atoms with Gasteiger partial charge in [0.05, 0.1) is 11.3 Å². The molecule has 0 radical (unpaired) electrons. The van der Waals surface area contributed by atoms with Crippen LogP contribution < -0.4 is 5.73 Å². The Kier molecular flexibility index (Phi) is 2.59. The fraction of sp³-hybridized carbons (Fsp3) is 0.100. The molecule has 2 rings (SSSR count). The van der Waals surface area contributed by atoms with Crippen LogP contribution in [0, 0.1) is 0 Å². The van der Waals surface area contributed by atoms with Crippen LogP contribution in [0.4, 0.5) is 5.82 Å². The van der Waals surface area contributed by atoms with Gasteiger partial charge in [-0.1, -0.05) is 23.2 Å². The molecule has 3 nitrogen and oxygen atoms in total. The van der Waals surface area contributed by atoms with E-state index in [9.17, 15) is 0 Å². The minimum atomic E-state index is 0.549. The number of aryl methyl sites for hydroxylation is 1. The van der Waals surface area contributed by atoms with Gasteiger partial charge < -0.3 is 10.3 Å². The Bertz CT molecular complexity index is 505. The maximum absolute atomic E-state index is 6.06. The number of hydrogen-bond acceptors (Lipinski definition) is 2. The zero-order valence-corrected chi connectivity index (χ0v) is 9.55. The Balaban J connectivity index is 2.59. The lowest BCUT2D eigenvalue weighted by atomic mass is 10.1. The number of nitrogen functional groups attached to an aromatic ring is 1. The van der Waals surface area contributed by atoms with E-state index in [4.69, 9.17) is 28.9 Å². The van der Waals surface area contributed by atoms with E-state index in [-0.39, 0.29) is 0 Å². The van der Waals surface area contributed by atoms with Gasteiger partial charge in [-0.2, -0.15) is 0 Å². The Morgan fingerprint density at radius 3 is 2.60 bits per heavy atom. The van der Waals surface area contributed by atoms with E-state index in [1.165, 1.54) is 0 Å². The summed E-state index contributed by atoms with van der Waals surface area (Å²) in [6.45, 7) is 0. The van der Waals surface area contributed by atoms with Crippen LogP contribution in [0.1, 0.15) is 0 Å². The SMILES string of the molecule is Cn1cnc(-c2ccc(Cl)cc2Cl)c1N. The Hall–Kier alpha value is -1.19. The zero-order valence-electron chi connectivity index (χ0n) is 8.04. The van der Waals surface area contributed by atoms with Gasteiger partial charge in [-0.05, 0) is 18.2 Å². The van der Waals surface area contributed by atoms with Crippen LogP contribution >= 0.6 is 23.2 Å². The monoisotopic (exact) mass is 241 g/mol. The largest absolute Gasteiger partial charge is 0.383 e. The van der Waals surface area contributed by atoms with Crippen LogP contribution in [0.2, 0.25) is 10.0 Å². The standard InChI is InChI=1S/C10H9Cl2N3/c1-15-5-14-9(10(15)13)7-3-2-6(11)4-8(7)12/h2-5H,13H2,1H3. The molecule has 0 atom stereocenters. The number of aromatic nitrogens is 2. The number of nitrogens with two attached hydrogens (primary N) is 1. The summed E-state index contributed by atoms with van der Waals surface area (Å²) in [4.78, 5) is 4.19. The number of anilines is 1. The summed E-state index contributed by atoms with van der Waals surface area (Å²) in [6.07, 6.45) is 1.65. The van der Waals surface area contributed by atoms with Gasteiger partial charge in [-0.3, -0.25) is 0 Å². The highest BCUT2D eigenvalue weighted by atomic mass is 35.5. The second-order valence-electron chi connectivity index (χ2n) is 3.21. The summed E-state index contributed by atoms with van der Waals surface area (Å²) in [7, 11) is 1.83. The predicted molar refractivity (Wildman–Crippen MR) is 63.1 cm³/mol. The second kappa shape index (κ2) is 3.76. The third-order valence-corrected chi connectivity index (χ3v) is 2.72. The Labute approximate surface area is 97.4 Å². The molecular formula is C10H9Cl2N3. The van der Waals surface area contributed by atoms with Gasteiger partial charge in [0.1, 0.15) is 11.5 Å². The molecule has 0 fully saturated rings. The van der Waals surface area contributed by atoms with Gasteiger partial charge in [0, 0.05) is 17.6 Å². The second-order valence-corrected chi connectivity index (χ2v) is 4.06. The lowest BCUT2D eigenvalue weighted by Crippen LogP contribution is -1.96. The molecule has 1 aromatic carbocycles. The molecule has 2 N–H and O–H groups in total. The number of hydrogen-bond donors (Lipinski definition) is 1. The lowest BCUT2D eigenvalue weighted by Gasteiger charge is -2.03. The predicted octanol–water partition coefficient (Wildman–Crippen LogP) is 2.98. The van der Waals surface area contributed by atoms with Crippen molar-refractivity contribution in [3.63, 3.8) is 0 Å². The molecule has 0 amide bonds. The maximum atomic E-state index is 6.06. The molecule has 0 aliphatic rings. The molecule has 5 heteroatoms. The van der Waals surface area contributed by atoms with E-state index in [1.807, 2.05) is 13.1 Å². The molecule has 0 aliphatic heterocycles. The minimum absolute atomic E-state index is 0.549. The van der Waals surface area contributed by atoms with Crippen LogP contribution in [0.25, 0.3) is 11.3 Å². The van der Waals surface area contributed by atoms with Crippen molar-refractivity contribution >= 4 is 29.0 Å². The van der Waals surface area contributed by atoms with Crippen LogP contribution in [-0.2, 0) is 7.05 Å². The molecule has 0 spiro atoms. The van der Waals surface area contributed by atoms with Gasteiger partial charge in [0.15, 0.2) is 0 Å². The number of nitrogens with zero attached hydrogens (tertiary/aromatic N) is 2. The Morgan fingerprint density at radius 2 is 2.07 bits per heavy atom. The average Bonchev–Trinajstić information content (AvgIpc) is 2.49. The van der Waals surface area contributed by atoms with Crippen molar-refractivity contribution in [3.05, 3.63) is 34.6 Å². The van der Waals surface area contributed by atoms with Gasteiger partial charge in [0.2, 0.25) is 0 Å². The van der Waals surface area contributed by atoms with Crippen LogP contribution in [-0.4, -0.2) is 9.55 Å². The van der Waals surface area contributed by atoms with Crippen molar-refractivity contribution in [2.24, 2.45) is 7.05 Å². The van der Waals surface area contributed by atoms with E-state index < -0.39 is 0 Å². The average molecular weight is 242 g/mol. The maximum Gasteiger partial charge on any atom is 0.131 e. The highest BCUT2D eigenvalue weighted by Gasteiger charge is 2.11. The van der Waals surface area contributed by atoms with Crippen molar-refractivity contribution in [2.45, 2.75) is 0 Å². The van der Waals surface area contributed by atoms with Crippen molar-refractivity contribution in [1.29, 1.82) is 0 Å². The smallest absolute Gasteiger partial charge is 0.131 e. The fourth-order valence-corrected chi connectivity index (χ4v) is 1.83. The van der Waals surface area contributed by atoms with E-state index in [0.717, 1.165) is 5.56 Å². The van der Waals surface area contributed by atoms with E-state index in [2.05, 4.69) is 4.98 Å². The zero-order chi connectivity index (χ0) is 11.0. The van der Waals surface area contributed by atoms with E-state index in [1.54, 1.807) is 23.0 Å². The van der Waals surface area contributed by atoms with Crippen LogP contribution in [0.15, 0.2) is 24.5 Å². The molecule has 78 valence electrons. The summed E-state index contributed by atoms with van der Waals surface area (Å²) >= 11 is 11.9. The van der Waals surface area contributed by atoms with Crippen molar-refractivity contribution in [2.75, 3.05) is 5.73 Å². The first-order valence-electron chi connectivity index (χ1n) is 4.32. The van der Waals surface area contributed by atoms with Crippen molar-refractivity contribution in [3.8, 4) is 11.3 Å². The quantitative estimate of drug-likeness (QED) is 0.835. The molecule has 2 aromatic rings. The molecule has 1 aromatic heterocycles. The lowest BCUT2D eigenvalue weighted by molar-refractivity contribution is 0.925. The topological polar surface area (TPSA) is 43.8 Å². The summed E-state index contributed by atoms with van der Waals surface area (Å²) in [5, 5.41) is 1.14. The number of imidazole rings is 1. The summed E-state index contributed by atoms with van der Waals surface area (Å²) in [5.41, 5.74) is 7.32.